The molecule has 1 aromatic carbocycles. The van der Waals surface area contributed by atoms with Crippen LogP contribution in [-0.2, 0) is 0 Å². The van der Waals surface area contributed by atoms with Crippen molar-refractivity contribution in [3.8, 4) is 23.0 Å². The quantitative estimate of drug-likeness (QED) is 0.742. The van der Waals surface area contributed by atoms with Crippen molar-refractivity contribution >= 4 is 5.91 Å². The fraction of sp³-hybridized carbons (Fsp3) is 0.300. The maximum absolute atomic E-state index is 12.7. The van der Waals surface area contributed by atoms with Crippen molar-refractivity contribution in [1.29, 1.82) is 0 Å². The number of amides is 1. The number of hydrogen-bond donors (Lipinski definition) is 1. The number of carbonyl (C=O) groups excluding carboxylic acids is 1. The molecule has 0 atom stereocenters. The Labute approximate surface area is 161 Å². The van der Waals surface area contributed by atoms with E-state index < -0.39 is 0 Å². The molecule has 0 bridgehead atoms. The minimum Gasteiger partial charge on any atom is -0.507 e. The Hall–Kier alpha value is -3.42. The number of hydrogen-bond acceptors (Lipinski definition) is 7. The van der Waals surface area contributed by atoms with Gasteiger partial charge in [-0.1, -0.05) is 11.2 Å². The molecular formula is C20H20N4O4. The SMILES string of the molecule is COc1ccc(C(=O)N2CCC(c3nc(-c4ccccn4)no3)CC2)c(O)c1. The molecule has 0 unspecified atom stereocenters. The number of rotatable bonds is 4. The van der Waals surface area contributed by atoms with E-state index in [4.69, 9.17) is 9.26 Å². The second kappa shape index (κ2) is 7.67. The van der Waals surface area contributed by atoms with Gasteiger partial charge < -0.3 is 19.3 Å². The van der Waals surface area contributed by atoms with Crippen molar-refractivity contribution in [3.63, 3.8) is 0 Å². The molecule has 3 heterocycles. The number of phenols is 1. The van der Waals surface area contributed by atoms with Crippen LogP contribution in [0.15, 0.2) is 47.1 Å². The largest absolute Gasteiger partial charge is 0.507 e. The van der Waals surface area contributed by atoms with Gasteiger partial charge in [0.25, 0.3) is 5.91 Å². The van der Waals surface area contributed by atoms with Crippen LogP contribution in [0, 0.1) is 0 Å². The Morgan fingerprint density at radius 2 is 2.07 bits per heavy atom. The van der Waals surface area contributed by atoms with Crippen LogP contribution < -0.4 is 4.74 Å². The highest BCUT2D eigenvalue weighted by molar-refractivity contribution is 5.97. The molecule has 0 saturated carbocycles. The van der Waals surface area contributed by atoms with Crippen molar-refractivity contribution in [2.24, 2.45) is 0 Å². The molecule has 1 saturated heterocycles. The van der Waals surface area contributed by atoms with Gasteiger partial charge in [-0.15, -0.1) is 0 Å². The lowest BCUT2D eigenvalue weighted by atomic mass is 9.96. The summed E-state index contributed by atoms with van der Waals surface area (Å²) in [6.45, 7) is 1.10. The maximum Gasteiger partial charge on any atom is 0.257 e. The van der Waals surface area contributed by atoms with Crippen molar-refractivity contribution in [1.82, 2.24) is 20.0 Å². The summed E-state index contributed by atoms with van der Waals surface area (Å²) in [6.07, 6.45) is 3.11. The topological polar surface area (TPSA) is 102 Å². The van der Waals surface area contributed by atoms with Gasteiger partial charge in [-0.2, -0.15) is 4.98 Å². The number of phenolic OH excluding ortho intramolecular Hbond substituents is 1. The van der Waals surface area contributed by atoms with Crippen LogP contribution in [0.4, 0.5) is 0 Å². The molecule has 1 aliphatic rings. The molecule has 1 N–H and O–H groups in total. The van der Waals surface area contributed by atoms with Gasteiger partial charge in [0.15, 0.2) is 0 Å². The Morgan fingerprint density at radius 1 is 1.25 bits per heavy atom. The van der Waals surface area contributed by atoms with E-state index in [-0.39, 0.29) is 23.1 Å². The van der Waals surface area contributed by atoms with Gasteiger partial charge in [0.05, 0.1) is 12.7 Å². The van der Waals surface area contributed by atoms with Crippen molar-refractivity contribution in [2.75, 3.05) is 20.2 Å². The molecule has 144 valence electrons. The third-order valence-corrected chi connectivity index (χ3v) is 4.90. The van der Waals surface area contributed by atoms with Crippen LogP contribution in [-0.4, -0.2) is 51.2 Å². The smallest absolute Gasteiger partial charge is 0.257 e. The number of carbonyl (C=O) groups is 1. The van der Waals surface area contributed by atoms with Crippen LogP contribution in [0.1, 0.15) is 35.0 Å². The first kappa shape index (κ1) is 18.0. The average Bonchev–Trinajstić information content (AvgIpc) is 3.24. The lowest BCUT2D eigenvalue weighted by Crippen LogP contribution is -2.38. The van der Waals surface area contributed by atoms with E-state index >= 15 is 0 Å². The minimum absolute atomic E-state index is 0.0802. The molecular weight excluding hydrogens is 360 g/mol. The normalized spacial score (nSPS) is 14.8. The lowest BCUT2D eigenvalue weighted by molar-refractivity contribution is 0.0701. The summed E-state index contributed by atoms with van der Waals surface area (Å²) in [4.78, 5) is 23.1. The van der Waals surface area contributed by atoms with Gasteiger partial charge in [0.1, 0.15) is 17.2 Å². The maximum atomic E-state index is 12.7. The van der Waals surface area contributed by atoms with Gasteiger partial charge in [-0.3, -0.25) is 9.78 Å². The van der Waals surface area contributed by atoms with Gasteiger partial charge in [0, 0.05) is 31.3 Å². The van der Waals surface area contributed by atoms with Crippen LogP contribution in [0.5, 0.6) is 11.5 Å². The molecule has 8 nitrogen and oxygen atoms in total. The molecule has 28 heavy (non-hydrogen) atoms. The number of pyridine rings is 1. The lowest BCUT2D eigenvalue weighted by Gasteiger charge is -2.30. The second-order valence-electron chi connectivity index (χ2n) is 6.62. The summed E-state index contributed by atoms with van der Waals surface area (Å²) in [5.41, 5.74) is 0.939. The van der Waals surface area contributed by atoms with Crippen LogP contribution in [0.3, 0.4) is 0 Å². The summed E-state index contributed by atoms with van der Waals surface area (Å²) in [5.74, 6) is 1.37. The number of aromatic hydroxyl groups is 1. The fourth-order valence-electron chi connectivity index (χ4n) is 3.32. The molecule has 0 radical (unpaired) electrons. The molecule has 2 aromatic heterocycles. The van der Waals surface area contributed by atoms with Crippen LogP contribution >= 0.6 is 0 Å². The number of methoxy groups -OCH3 is 1. The Morgan fingerprint density at radius 3 is 2.75 bits per heavy atom. The summed E-state index contributed by atoms with van der Waals surface area (Å²) in [6, 6.07) is 10.2. The number of piperidine rings is 1. The van der Waals surface area contributed by atoms with E-state index in [0.29, 0.717) is 49.1 Å². The predicted molar refractivity (Wildman–Crippen MR) is 100 cm³/mol. The molecule has 1 fully saturated rings. The summed E-state index contributed by atoms with van der Waals surface area (Å²) >= 11 is 0. The van der Waals surface area contributed by atoms with E-state index in [1.807, 2.05) is 18.2 Å². The highest BCUT2D eigenvalue weighted by Crippen LogP contribution is 2.30. The van der Waals surface area contributed by atoms with Crippen LogP contribution in [0.2, 0.25) is 0 Å². The molecule has 1 aliphatic heterocycles. The van der Waals surface area contributed by atoms with E-state index in [0.717, 1.165) is 0 Å². The molecule has 0 aliphatic carbocycles. The molecule has 3 aromatic rings. The third kappa shape index (κ3) is 3.53. The van der Waals surface area contributed by atoms with Crippen LogP contribution in [0.25, 0.3) is 11.5 Å². The average molecular weight is 380 g/mol. The Kier molecular flexibility index (Phi) is 4.92. The van der Waals surface area contributed by atoms with E-state index in [1.54, 1.807) is 23.2 Å². The number of nitrogens with zero attached hydrogens (tertiary/aromatic N) is 4. The molecule has 8 heteroatoms. The number of aromatic nitrogens is 3. The second-order valence-corrected chi connectivity index (χ2v) is 6.62. The Balaban J connectivity index is 1.41. The third-order valence-electron chi connectivity index (χ3n) is 4.90. The van der Waals surface area contributed by atoms with E-state index in [9.17, 15) is 9.90 Å². The monoisotopic (exact) mass is 380 g/mol. The van der Waals surface area contributed by atoms with Crippen molar-refractivity contribution < 1.29 is 19.2 Å². The number of ether oxygens (including phenoxy) is 1. The minimum atomic E-state index is -0.196. The fourth-order valence-corrected chi connectivity index (χ4v) is 3.32. The molecule has 0 spiro atoms. The highest BCUT2D eigenvalue weighted by atomic mass is 16.5. The van der Waals surface area contributed by atoms with Gasteiger partial charge in [-0.25, -0.2) is 0 Å². The standard InChI is InChI=1S/C20H20N4O4/c1-27-14-5-6-15(17(25)12-14)20(26)24-10-7-13(8-11-24)19-22-18(23-28-19)16-4-2-3-9-21-16/h2-6,9,12-13,25H,7-8,10-11H2,1H3. The van der Waals surface area contributed by atoms with Gasteiger partial charge >= 0.3 is 0 Å². The first-order valence-corrected chi connectivity index (χ1v) is 9.07. The predicted octanol–water partition coefficient (Wildman–Crippen LogP) is 2.87. The first-order chi connectivity index (χ1) is 13.7. The number of likely N-dealkylation sites (tertiary alicyclic amines) is 1. The zero-order chi connectivity index (χ0) is 19.5. The van der Waals surface area contributed by atoms with E-state index in [1.165, 1.54) is 13.2 Å². The summed E-state index contributed by atoms with van der Waals surface area (Å²) in [7, 11) is 1.51. The highest BCUT2D eigenvalue weighted by Gasteiger charge is 2.29. The van der Waals surface area contributed by atoms with E-state index in [2.05, 4.69) is 15.1 Å². The number of benzene rings is 1. The summed E-state index contributed by atoms with van der Waals surface area (Å²) in [5, 5.41) is 14.1. The molecule has 1 amide bonds. The van der Waals surface area contributed by atoms with Crippen molar-refractivity contribution in [2.45, 2.75) is 18.8 Å². The first-order valence-electron chi connectivity index (χ1n) is 9.07. The zero-order valence-electron chi connectivity index (χ0n) is 15.4. The summed E-state index contributed by atoms with van der Waals surface area (Å²) < 4.78 is 10.5. The molecule has 4 rings (SSSR count). The van der Waals surface area contributed by atoms with Crippen molar-refractivity contribution in [3.05, 3.63) is 54.0 Å². The Bertz CT molecular complexity index is 965. The zero-order valence-corrected chi connectivity index (χ0v) is 15.4. The van der Waals surface area contributed by atoms with Gasteiger partial charge in [0.2, 0.25) is 11.7 Å². The van der Waals surface area contributed by atoms with Gasteiger partial charge in [-0.05, 0) is 37.1 Å².